The summed E-state index contributed by atoms with van der Waals surface area (Å²) in [5.74, 6) is 1.92. The number of anilines is 1. The number of hydrogen-bond donors (Lipinski definition) is 0. The molecule has 1 aliphatic carbocycles. The number of nitrogens with zero attached hydrogens (tertiary/aromatic N) is 4. The van der Waals surface area contributed by atoms with Crippen molar-refractivity contribution in [1.82, 2.24) is 9.88 Å². The molecular weight excluding hydrogens is 412 g/mol. The number of pyridine rings is 1. The molecule has 2 aliphatic heterocycles. The number of quaternary nitrogens is 1. The lowest BCUT2D eigenvalue weighted by molar-refractivity contribution is -0.791. The average Bonchev–Trinajstić information content (AvgIpc) is 3.43. The number of fused-ring (bicyclic) bond motifs is 1. The summed E-state index contributed by atoms with van der Waals surface area (Å²) in [5, 5.41) is 14.0. The number of hydroxylamine groups is 3. The Labute approximate surface area is 187 Å². The molecule has 0 bridgehead atoms. The summed E-state index contributed by atoms with van der Waals surface area (Å²) in [7, 11) is 0. The van der Waals surface area contributed by atoms with Gasteiger partial charge < -0.3 is 14.5 Å². The Kier molecular flexibility index (Phi) is 5.75. The van der Waals surface area contributed by atoms with Gasteiger partial charge in [0, 0.05) is 32.4 Å². The number of carbonyl (C=O) groups is 1. The predicted molar refractivity (Wildman–Crippen MR) is 124 cm³/mol. The van der Waals surface area contributed by atoms with E-state index in [-0.39, 0.29) is 9.99 Å². The highest BCUT2D eigenvalue weighted by molar-refractivity contribution is 8.14. The van der Waals surface area contributed by atoms with Crippen LogP contribution in [-0.2, 0) is 0 Å². The molecule has 0 radical (unpaired) electrons. The van der Waals surface area contributed by atoms with Crippen molar-refractivity contribution in [2.45, 2.75) is 50.2 Å². The lowest BCUT2D eigenvalue weighted by Gasteiger charge is -2.37. The fourth-order valence-corrected chi connectivity index (χ4v) is 6.95. The third-order valence-corrected chi connectivity index (χ3v) is 8.64. The van der Waals surface area contributed by atoms with E-state index < -0.39 is 4.65 Å². The Morgan fingerprint density at radius 1 is 1.23 bits per heavy atom. The number of hydrogen-bond acceptors (Lipinski definition) is 7. The maximum atomic E-state index is 13.1. The smallest absolute Gasteiger partial charge is 0.375 e. The summed E-state index contributed by atoms with van der Waals surface area (Å²) >= 11 is 1.36. The van der Waals surface area contributed by atoms with Crippen molar-refractivity contribution in [1.29, 1.82) is 0 Å². The first kappa shape index (κ1) is 21.2. The zero-order valence-corrected chi connectivity index (χ0v) is 19.2. The summed E-state index contributed by atoms with van der Waals surface area (Å²) in [6, 6.07) is 3.99. The molecule has 3 fully saturated rings. The molecule has 168 valence electrons. The Morgan fingerprint density at radius 3 is 2.77 bits per heavy atom. The number of piperazine rings is 1. The fourth-order valence-electron chi connectivity index (χ4n) is 5.49. The normalized spacial score (nSPS) is 26.5. The lowest BCUT2D eigenvalue weighted by Crippen LogP contribution is -2.47. The summed E-state index contributed by atoms with van der Waals surface area (Å²) in [5.41, 5.74) is 0.897. The van der Waals surface area contributed by atoms with Gasteiger partial charge in [-0.15, -0.1) is 0 Å². The number of amides is 1. The van der Waals surface area contributed by atoms with Crippen LogP contribution in [0.25, 0.3) is 11.0 Å². The van der Waals surface area contributed by atoms with Gasteiger partial charge in [-0.25, -0.2) is 9.78 Å². The van der Waals surface area contributed by atoms with Crippen LogP contribution >= 0.6 is 11.8 Å². The van der Waals surface area contributed by atoms with Crippen molar-refractivity contribution in [2.75, 3.05) is 50.7 Å². The molecule has 8 heteroatoms. The second kappa shape index (κ2) is 8.39. The molecule has 5 rings (SSSR count). The van der Waals surface area contributed by atoms with Crippen molar-refractivity contribution in [2.24, 2.45) is 0 Å². The van der Waals surface area contributed by atoms with Crippen LogP contribution in [0.2, 0.25) is 0 Å². The maximum Gasteiger partial charge on any atom is 0.375 e. The van der Waals surface area contributed by atoms with Gasteiger partial charge in [0.1, 0.15) is 23.7 Å². The van der Waals surface area contributed by atoms with Crippen LogP contribution in [0.4, 0.5) is 10.6 Å². The lowest BCUT2D eigenvalue weighted by atomic mass is 10.1. The van der Waals surface area contributed by atoms with Gasteiger partial charge in [0.15, 0.2) is 0 Å². The van der Waals surface area contributed by atoms with Gasteiger partial charge in [-0.1, -0.05) is 12.8 Å². The van der Waals surface area contributed by atoms with E-state index in [2.05, 4.69) is 20.9 Å². The zero-order chi connectivity index (χ0) is 21.5. The fraction of sp³-hybridized carbons (Fsp3) is 0.652. The quantitative estimate of drug-likeness (QED) is 0.368. The predicted octanol–water partition coefficient (Wildman–Crippen LogP) is 4.53. The van der Waals surface area contributed by atoms with E-state index in [1.54, 1.807) is 0 Å². The number of thioether (sulfide) groups is 1. The van der Waals surface area contributed by atoms with Crippen LogP contribution in [0, 0.1) is 12.1 Å². The van der Waals surface area contributed by atoms with Crippen LogP contribution < -0.4 is 4.90 Å². The summed E-state index contributed by atoms with van der Waals surface area (Å²) in [4.78, 5) is 21.8. The van der Waals surface area contributed by atoms with Crippen LogP contribution in [0.1, 0.15) is 44.3 Å². The van der Waals surface area contributed by atoms with E-state index in [0.29, 0.717) is 13.1 Å². The molecule has 31 heavy (non-hydrogen) atoms. The molecule has 7 nitrogen and oxygen atoms in total. The van der Waals surface area contributed by atoms with Gasteiger partial charge in [0.2, 0.25) is 0 Å². The first-order chi connectivity index (χ1) is 15.0. The Hall–Kier alpha value is -1.61. The Morgan fingerprint density at radius 2 is 2.00 bits per heavy atom. The first-order valence-electron chi connectivity index (χ1n) is 11.6. The second-order valence-electron chi connectivity index (χ2n) is 9.47. The van der Waals surface area contributed by atoms with E-state index in [1.807, 2.05) is 19.2 Å². The minimum atomic E-state index is -0.599. The highest BCUT2D eigenvalue weighted by Crippen LogP contribution is 2.50. The number of furan rings is 1. The SMILES string of the molecule is Cc1cc2c(N3CCN(CCCC[N+]4([O-])CC5(CCCC5)SC4=O)CC3)nccc2o1. The van der Waals surface area contributed by atoms with Crippen LogP contribution in [0.5, 0.6) is 0 Å². The van der Waals surface area contributed by atoms with Gasteiger partial charge in [0.05, 0.1) is 16.7 Å². The van der Waals surface area contributed by atoms with Gasteiger partial charge in [-0.05, 0) is 63.0 Å². The van der Waals surface area contributed by atoms with E-state index in [0.717, 1.165) is 93.8 Å². The van der Waals surface area contributed by atoms with E-state index >= 15 is 0 Å². The number of aryl methyl sites for hydroxylation is 1. The molecule has 1 saturated carbocycles. The van der Waals surface area contributed by atoms with Crippen molar-refractivity contribution in [3.8, 4) is 0 Å². The minimum absolute atomic E-state index is 0.0421. The molecule has 1 spiro atoms. The molecule has 1 atom stereocenters. The molecule has 0 N–H and O–H groups in total. The molecule has 2 aromatic heterocycles. The Bertz CT molecular complexity index is 949. The molecule has 2 saturated heterocycles. The standard InChI is InChI=1S/C23H32N4O3S/c1-18-16-19-20(30-18)6-9-24-21(19)26-13-11-25(12-14-26)10-4-5-15-27(29)17-23(31-22(27)28)7-2-3-8-23/h6,9,16H,2-5,7-8,10-15,17H2,1H3. The van der Waals surface area contributed by atoms with Gasteiger partial charge in [0.25, 0.3) is 0 Å². The largest absolute Gasteiger partial charge is 0.625 e. The van der Waals surface area contributed by atoms with Crippen LogP contribution in [-0.4, -0.2) is 70.3 Å². The van der Waals surface area contributed by atoms with Crippen LogP contribution in [0.3, 0.4) is 0 Å². The van der Waals surface area contributed by atoms with Gasteiger partial charge in [-0.2, -0.15) is 0 Å². The van der Waals surface area contributed by atoms with Crippen molar-refractivity contribution >= 4 is 33.8 Å². The van der Waals surface area contributed by atoms with Crippen LogP contribution in [0.15, 0.2) is 22.7 Å². The van der Waals surface area contributed by atoms with Crippen molar-refractivity contribution in [3.63, 3.8) is 0 Å². The van der Waals surface area contributed by atoms with Gasteiger partial charge >= 0.3 is 5.24 Å². The molecular formula is C23H32N4O3S. The molecule has 1 unspecified atom stereocenters. The highest BCUT2D eigenvalue weighted by Gasteiger charge is 2.53. The number of carbonyl (C=O) groups excluding carboxylic acids is 1. The van der Waals surface area contributed by atoms with Crippen molar-refractivity contribution < 1.29 is 13.9 Å². The number of aromatic nitrogens is 1. The summed E-state index contributed by atoms with van der Waals surface area (Å²) in [6.07, 6.45) is 8.02. The van der Waals surface area contributed by atoms with Gasteiger partial charge in [-0.3, -0.25) is 9.55 Å². The second-order valence-corrected chi connectivity index (χ2v) is 10.9. The monoisotopic (exact) mass is 444 g/mol. The van der Waals surface area contributed by atoms with E-state index in [9.17, 15) is 10.0 Å². The average molecular weight is 445 g/mol. The maximum absolute atomic E-state index is 13.1. The molecule has 0 aromatic carbocycles. The molecule has 1 amide bonds. The first-order valence-corrected chi connectivity index (χ1v) is 12.4. The summed E-state index contributed by atoms with van der Waals surface area (Å²) in [6.45, 7) is 7.76. The molecule has 2 aromatic rings. The third-order valence-electron chi connectivity index (χ3n) is 7.16. The third kappa shape index (κ3) is 4.23. The number of rotatable bonds is 6. The van der Waals surface area contributed by atoms with E-state index in [4.69, 9.17) is 4.42 Å². The molecule has 3 aliphatic rings. The number of unbranched alkanes of at least 4 members (excludes halogenated alkanes) is 1. The highest BCUT2D eigenvalue weighted by atomic mass is 32.2. The molecule has 4 heterocycles. The topological polar surface area (TPSA) is 72.6 Å². The summed E-state index contributed by atoms with van der Waals surface area (Å²) < 4.78 is 5.10. The van der Waals surface area contributed by atoms with E-state index in [1.165, 1.54) is 11.8 Å². The zero-order valence-electron chi connectivity index (χ0n) is 18.3. The minimum Gasteiger partial charge on any atom is -0.625 e. The van der Waals surface area contributed by atoms with Crippen molar-refractivity contribution in [3.05, 3.63) is 29.3 Å². The Balaban J connectivity index is 1.08.